The summed E-state index contributed by atoms with van der Waals surface area (Å²) in [7, 11) is 1.42. The van der Waals surface area contributed by atoms with Gasteiger partial charge in [-0.2, -0.15) is 13.2 Å². The Morgan fingerprint density at radius 2 is 2.00 bits per heavy atom. The molecule has 3 aromatic heterocycles. The number of hydrogen-bond acceptors (Lipinski definition) is 4. The van der Waals surface area contributed by atoms with E-state index in [4.69, 9.17) is 0 Å². The van der Waals surface area contributed by atoms with Gasteiger partial charge in [-0.3, -0.25) is 0 Å². The van der Waals surface area contributed by atoms with Crippen LogP contribution in [0.1, 0.15) is 31.8 Å². The molecular formula is C20H23F3N6. The number of rotatable bonds is 7. The Morgan fingerprint density at radius 1 is 1.21 bits per heavy atom. The van der Waals surface area contributed by atoms with Crippen molar-refractivity contribution in [2.45, 2.75) is 38.9 Å². The number of allylic oxidation sites excluding steroid dienone is 3. The number of aromatic nitrogens is 5. The number of alkyl halides is 3. The lowest BCUT2D eigenvalue weighted by Crippen LogP contribution is -2.42. The summed E-state index contributed by atoms with van der Waals surface area (Å²) in [6.45, 7) is 3.93. The van der Waals surface area contributed by atoms with Crippen LogP contribution in [-0.2, 0) is 6.42 Å². The highest BCUT2D eigenvalue weighted by Gasteiger charge is 2.42. The van der Waals surface area contributed by atoms with Crippen molar-refractivity contribution in [1.29, 1.82) is 0 Å². The third-order valence-corrected chi connectivity index (χ3v) is 4.74. The maximum Gasteiger partial charge on any atom is 0.409 e. The van der Waals surface area contributed by atoms with Gasteiger partial charge in [0.25, 0.3) is 0 Å². The van der Waals surface area contributed by atoms with E-state index in [-0.39, 0.29) is 12.2 Å². The Hall–Kier alpha value is -3.10. The van der Waals surface area contributed by atoms with Gasteiger partial charge in [0.05, 0.1) is 5.69 Å². The molecule has 3 heterocycles. The summed E-state index contributed by atoms with van der Waals surface area (Å²) in [6.07, 6.45) is 5.52. The summed E-state index contributed by atoms with van der Waals surface area (Å²) < 4.78 is 41.4. The minimum Gasteiger partial charge on any atom is -0.368 e. The fourth-order valence-electron chi connectivity index (χ4n) is 3.03. The van der Waals surface area contributed by atoms with Crippen molar-refractivity contribution in [2.75, 3.05) is 7.05 Å². The zero-order valence-corrected chi connectivity index (χ0v) is 16.5. The van der Waals surface area contributed by atoms with E-state index in [1.807, 2.05) is 26.0 Å². The first-order chi connectivity index (χ1) is 13.8. The smallest absolute Gasteiger partial charge is 0.368 e. The van der Waals surface area contributed by atoms with Gasteiger partial charge in [0, 0.05) is 49.2 Å². The summed E-state index contributed by atoms with van der Waals surface area (Å²) in [5.41, 5.74) is 2.83. The fraction of sp³-hybridized carbons (Fsp3) is 0.350. The number of aromatic amines is 2. The monoisotopic (exact) mass is 404 g/mol. The molecule has 0 bridgehead atoms. The van der Waals surface area contributed by atoms with E-state index < -0.39 is 12.2 Å². The topological polar surface area (TPSA) is 73.5 Å². The van der Waals surface area contributed by atoms with E-state index in [0.717, 1.165) is 17.4 Å². The lowest BCUT2D eigenvalue weighted by molar-refractivity contribution is -0.173. The zero-order chi connectivity index (χ0) is 21.0. The number of fused-ring (bicyclic) bond motifs is 1. The van der Waals surface area contributed by atoms with Crippen LogP contribution in [0.25, 0.3) is 16.6 Å². The summed E-state index contributed by atoms with van der Waals surface area (Å²) in [5, 5.41) is 0.752. The SMILES string of the molecule is CC/C(C)=C\C(=C/N(C)C(Cc1ncc[nH]1)C(F)(F)F)c1ncnc2[nH]ccc12. The number of imidazole rings is 1. The molecule has 1 atom stereocenters. The van der Waals surface area contributed by atoms with E-state index in [0.29, 0.717) is 16.9 Å². The molecule has 154 valence electrons. The predicted molar refractivity (Wildman–Crippen MR) is 106 cm³/mol. The molecule has 2 N–H and O–H groups in total. The van der Waals surface area contributed by atoms with Gasteiger partial charge in [-0.05, 0) is 19.4 Å². The number of hydrogen-bond donors (Lipinski definition) is 2. The van der Waals surface area contributed by atoms with E-state index in [9.17, 15) is 13.2 Å². The second-order valence-corrected chi connectivity index (χ2v) is 6.85. The quantitative estimate of drug-likeness (QED) is 0.570. The average Bonchev–Trinajstić information content (AvgIpc) is 3.35. The number of halogens is 3. The van der Waals surface area contributed by atoms with Gasteiger partial charge in [-0.15, -0.1) is 0 Å². The van der Waals surface area contributed by atoms with Gasteiger partial charge in [-0.1, -0.05) is 18.6 Å². The summed E-state index contributed by atoms with van der Waals surface area (Å²) in [4.78, 5) is 19.4. The molecule has 0 spiro atoms. The van der Waals surface area contributed by atoms with Crippen molar-refractivity contribution in [1.82, 2.24) is 29.8 Å². The van der Waals surface area contributed by atoms with Crippen LogP contribution >= 0.6 is 0 Å². The number of likely N-dealkylation sites (N-methyl/N-ethyl adjacent to an activating group) is 1. The highest BCUT2D eigenvalue weighted by atomic mass is 19.4. The third-order valence-electron chi connectivity index (χ3n) is 4.74. The Bertz CT molecular complexity index is 1000. The molecule has 29 heavy (non-hydrogen) atoms. The number of H-pyrrole nitrogens is 2. The molecule has 9 heteroatoms. The normalized spacial score (nSPS) is 14.4. The highest BCUT2D eigenvalue weighted by molar-refractivity contribution is 5.90. The first-order valence-corrected chi connectivity index (χ1v) is 9.24. The Kier molecular flexibility index (Phi) is 6.05. The Morgan fingerprint density at radius 3 is 2.66 bits per heavy atom. The van der Waals surface area contributed by atoms with Crippen molar-refractivity contribution in [3.8, 4) is 0 Å². The second-order valence-electron chi connectivity index (χ2n) is 6.85. The van der Waals surface area contributed by atoms with Crippen LogP contribution in [0.2, 0.25) is 0 Å². The highest BCUT2D eigenvalue weighted by Crippen LogP contribution is 2.29. The summed E-state index contributed by atoms with van der Waals surface area (Å²) >= 11 is 0. The van der Waals surface area contributed by atoms with Gasteiger partial charge < -0.3 is 14.9 Å². The Balaban J connectivity index is 2.05. The molecule has 3 aromatic rings. The van der Waals surface area contributed by atoms with Crippen LogP contribution in [-0.4, -0.2) is 49.1 Å². The molecule has 6 nitrogen and oxygen atoms in total. The largest absolute Gasteiger partial charge is 0.409 e. The molecule has 0 amide bonds. The third kappa shape index (κ3) is 4.85. The first kappa shape index (κ1) is 20.6. The van der Waals surface area contributed by atoms with E-state index in [2.05, 4.69) is 24.9 Å². The van der Waals surface area contributed by atoms with Crippen molar-refractivity contribution >= 4 is 16.6 Å². The molecule has 0 aliphatic carbocycles. The average molecular weight is 404 g/mol. The van der Waals surface area contributed by atoms with Gasteiger partial charge in [0.15, 0.2) is 0 Å². The molecule has 0 saturated heterocycles. The molecule has 0 aliphatic rings. The van der Waals surface area contributed by atoms with Gasteiger partial charge in [0.2, 0.25) is 0 Å². The summed E-state index contributed by atoms with van der Waals surface area (Å²) in [5.74, 6) is 0.282. The summed E-state index contributed by atoms with van der Waals surface area (Å²) in [6, 6.07) is 0.0834. The number of nitrogens with one attached hydrogen (secondary N) is 2. The van der Waals surface area contributed by atoms with Crippen molar-refractivity contribution in [2.24, 2.45) is 0 Å². The standard InChI is InChI=1S/C20H23F3N6/c1-4-13(2)9-14(18-15-5-6-26-19(15)28-12-27-18)11-29(3)16(20(21,22)23)10-17-24-7-8-25-17/h5-9,11-12,16H,4,10H2,1-3H3,(H,24,25)(H,26,27,28)/b13-9-,14-11+. The van der Waals surface area contributed by atoms with Crippen LogP contribution in [0.3, 0.4) is 0 Å². The number of nitrogens with zero attached hydrogens (tertiary/aromatic N) is 4. The predicted octanol–water partition coefficient (Wildman–Crippen LogP) is 4.48. The molecule has 1 unspecified atom stereocenters. The van der Waals surface area contributed by atoms with Crippen molar-refractivity contribution < 1.29 is 13.2 Å². The molecule has 0 fully saturated rings. The molecule has 3 rings (SSSR count). The first-order valence-electron chi connectivity index (χ1n) is 9.24. The van der Waals surface area contributed by atoms with Crippen LogP contribution < -0.4 is 0 Å². The zero-order valence-electron chi connectivity index (χ0n) is 16.5. The fourth-order valence-corrected chi connectivity index (χ4v) is 3.03. The van der Waals surface area contributed by atoms with Crippen molar-refractivity contribution in [3.63, 3.8) is 0 Å². The van der Waals surface area contributed by atoms with Crippen LogP contribution in [0.5, 0.6) is 0 Å². The van der Waals surface area contributed by atoms with E-state index in [1.54, 1.807) is 6.20 Å². The molecule has 0 radical (unpaired) electrons. The molecule has 0 aliphatic heterocycles. The van der Waals surface area contributed by atoms with Gasteiger partial charge in [0.1, 0.15) is 23.8 Å². The van der Waals surface area contributed by atoms with Gasteiger partial charge in [-0.25, -0.2) is 15.0 Å². The minimum absolute atomic E-state index is 0.281. The molecule has 0 aromatic carbocycles. The van der Waals surface area contributed by atoms with E-state index in [1.165, 1.54) is 36.9 Å². The maximum atomic E-state index is 13.8. The van der Waals surface area contributed by atoms with Crippen molar-refractivity contribution in [3.05, 3.63) is 60.4 Å². The lowest BCUT2D eigenvalue weighted by atomic mass is 10.1. The lowest BCUT2D eigenvalue weighted by Gasteiger charge is -2.29. The molecule has 0 saturated carbocycles. The van der Waals surface area contributed by atoms with E-state index >= 15 is 0 Å². The Labute approximate surface area is 166 Å². The second kappa shape index (κ2) is 8.50. The van der Waals surface area contributed by atoms with Crippen LogP contribution in [0, 0.1) is 0 Å². The van der Waals surface area contributed by atoms with Gasteiger partial charge >= 0.3 is 6.18 Å². The molecular weight excluding hydrogens is 381 g/mol. The van der Waals surface area contributed by atoms with Crippen LogP contribution in [0.4, 0.5) is 13.2 Å². The maximum absolute atomic E-state index is 13.8. The van der Waals surface area contributed by atoms with Crippen LogP contribution in [0.15, 0.2) is 48.8 Å². The minimum atomic E-state index is -4.43.